The third-order valence-electron chi connectivity index (χ3n) is 4.11. The summed E-state index contributed by atoms with van der Waals surface area (Å²) in [6, 6.07) is 18.1. The van der Waals surface area contributed by atoms with Crippen LogP contribution in [0.25, 0.3) is 11.0 Å². The van der Waals surface area contributed by atoms with Gasteiger partial charge in [-0.3, -0.25) is 0 Å². The molecule has 1 saturated heterocycles. The van der Waals surface area contributed by atoms with E-state index in [1.54, 1.807) is 6.26 Å². The van der Waals surface area contributed by atoms with Gasteiger partial charge in [0.15, 0.2) is 6.10 Å². The highest BCUT2D eigenvalue weighted by Gasteiger charge is 2.27. The topological polar surface area (TPSA) is 43.6 Å². The van der Waals surface area contributed by atoms with Crippen LogP contribution in [0.4, 0.5) is 0 Å². The molecule has 2 aromatic carbocycles. The second kappa shape index (κ2) is 6.44. The van der Waals surface area contributed by atoms with Crippen LogP contribution in [0.3, 0.4) is 0 Å². The molecule has 1 fully saturated rings. The van der Waals surface area contributed by atoms with Gasteiger partial charge in [-0.15, -0.1) is 0 Å². The average molecular weight is 309 g/mol. The molecule has 0 aliphatic carbocycles. The Labute approximate surface area is 135 Å². The fraction of sp³-hybridized carbons (Fsp3) is 0.263. The predicted octanol–water partition coefficient (Wildman–Crippen LogP) is 3.54. The van der Waals surface area contributed by atoms with Crippen LogP contribution in [0.1, 0.15) is 11.7 Å². The third kappa shape index (κ3) is 3.09. The summed E-state index contributed by atoms with van der Waals surface area (Å²) < 4.78 is 17.6. The van der Waals surface area contributed by atoms with Gasteiger partial charge >= 0.3 is 0 Å². The Morgan fingerprint density at radius 2 is 2.00 bits per heavy atom. The number of morpholine rings is 1. The molecule has 4 nitrogen and oxygen atoms in total. The molecule has 1 unspecified atom stereocenters. The van der Waals surface area contributed by atoms with Gasteiger partial charge in [-0.25, -0.2) is 0 Å². The number of hydrogen-bond acceptors (Lipinski definition) is 4. The molecule has 4 rings (SSSR count). The average Bonchev–Trinajstić information content (AvgIpc) is 3.09. The Morgan fingerprint density at radius 3 is 2.83 bits per heavy atom. The summed E-state index contributed by atoms with van der Waals surface area (Å²) in [6.45, 7) is 2.38. The number of ether oxygens (including phenoxy) is 2. The van der Waals surface area contributed by atoms with E-state index in [0.29, 0.717) is 6.61 Å². The third-order valence-corrected chi connectivity index (χ3v) is 4.11. The van der Waals surface area contributed by atoms with Crippen LogP contribution in [0.15, 0.2) is 65.3 Å². The number of furan rings is 1. The van der Waals surface area contributed by atoms with E-state index in [2.05, 4.69) is 17.4 Å². The number of benzene rings is 2. The zero-order valence-corrected chi connectivity index (χ0v) is 12.8. The number of fused-ring (bicyclic) bond motifs is 1. The molecule has 1 N–H and O–H groups in total. The van der Waals surface area contributed by atoms with Crippen LogP contribution in [-0.4, -0.2) is 25.8 Å². The molecule has 4 heteroatoms. The Morgan fingerprint density at radius 1 is 1.09 bits per heavy atom. The van der Waals surface area contributed by atoms with Gasteiger partial charge in [-0.05, 0) is 29.8 Å². The molecular weight excluding hydrogens is 290 g/mol. The van der Waals surface area contributed by atoms with Crippen molar-refractivity contribution in [2.45, 2.75) is 12.2 Å². The van der Waals surface area contributed by atoms with E-state index in [4.69, 9.17) is 13.9 Å². The molecule has 2 heterocycles. The van der Waals surface area contributed by atoms with Gasteiger partial charge in [-0.1, -0.05) is 30.3 Å². The molecule has 1 aromatic heterocycles. The van der Waals surface area contributed by atoms with Crippen LogP contribution < -0.4 is 10.1 Å². The van der Waals surface area contributed by atoms with Gasteiger partial charge < -0.3 is 19.2 Å². The molecule has 1 aliphatic heterocycles. The van der Waals surface area contributed by atoms with Crippen molar-refractivity contribution in [1.82, 2.24) is 5.32 Å². The van der Waals surface area contributed by atoms with Crippen LogP contribution in [0, 0.1) is 0 Å². The van der Waals surface area contributed by atoms with Crippen molar-refractivity contribution in [2.75, 3.05) is 19.7 Å². The minimum atomic E-state index is -0.145. The zero-order valence-electron chi connectivity index (χ0n) is 12.8. The van der Waals surface area contributed by atoms with E-state index in [9.17, 15) is 0 Å². The summed E-state index contributed by atoms with van der Waals surface area (Å²) in [5.41, 5.74) is 1.98. The summed E-state index contributed by atoms with van der Waals surface area (Å²) in [4.78, 5) is 0. The molecule has 0 saturated carbocycles. The summed E-state index contributed by atoms with van der Waals surface area (Å²) in [5, 5.41) is 4.42. The molecule has 2 atom stereocenters. The van der Waals surface area contributed by atoms with Crippen molar-refractivity contribution in [3.05, 3.63) is 66.4 Å². The van der Waals surface area contributed by atoms with Crippen molar-refractivity contribution in [3.8, 4) is 5.75 Å². The van der Waals surface area contributed by atoms with Gasteiger partial charge in [0.25, 0.3) is 0 Å². The van der Waals surface area contributed by atoms with E-state index in [0.717, 1.165) is 35.4 Å². The maximum absolute atomic E-state index is 6.31. The maximum Gasteiger partial charge on any atom is 0.151 e. The lowest BCUT2D eigenvalue weighted by Gasteiger charge is -2.31. The maximum atomic E-state index is 6.31. The minimum Gasteiger partial charge on any atom is -0.483 e. The number of rotatable bonds is 4. The fourth-order valence-electron chi connectivity index (χ4n) is 2.95. The largest absolute Gasteiger partial charge is 0.483 e. The first-order valence-electron chi connectivity index (χ1n) is 7.91. The lowest BCUT2D eigenvalue weighted by atomic mass is 10.0. The van der Waals surface area contributed by atoms with Crippen LogP contribution in [-0.2, 0) is 4.74 Å². The summed E-state index contributed by atoms with van der Waals surface area (Å²) in [6.07, 6.45) is 1.54. The lowest BCUT2D eigenvalue weighted by Crippen LogP contribution is -2.43. The quantitative estimate of drug-likeness (QED) is 0.800. The van der Waals surface area contributed by atoms with Crippen molar-refractivity contribution in [3.63, 3.8) is 0 Å². The highest BCUT2D eigenvalue weighted by atomic mass is 16.5. The molecule has 118 valence electrons. The zero-order chi connectivity index (χ0) is 15.5. The first kappa shape index (κ1) is 14.3. The van der Waals surface area contributed by atoms with Crippen molar-refractivity contribution in [2.24, 2.45) is 0 Å². The Hall–Kier alpha value is -2.30. The molecule has 3 aromatic rings. The smallest absolute Gasteiger partial charge is 0.151 e. The monoisotopic (exact) mass is 309 g/mol. The first-order valence-corrected chi connectivity index (χ1v) is 7.91. The molecule has 0 amide bonds. The van der Waals surface area contributed by atoms with E-state index in [1.807, 2.05) is 42.5 Å². The summed E-state index contributed by atoms with van der Waals surface area (Å²) in [5.74, 6) is 0.821. The fourth-order valence-corrected chi connectivity index (χ4v) is 2.95. The molecule has 1 aliphatic rings. The lowest BCUT2D eigenvalue weighted by molar-refractivity contribution is -0.0432. The van der Waals surface area contributed by atoms with Crippen molar-refractivity contribution < 1.29 is 13.9 Å². The second-order valence-corrected chi connectivity index (χ2v) is 5.68. The summed E-state index contributed by atoms with van der Waals surface area (Å²) >= 11 is 0. The number of nitrogens with one attached hydrogen (secondary N) is 1. The van der Waals surface area contributed by atoms with Gasteiger partial charge in [0.1, 0.15) is 17.4 Å². The van der Waals surface area contributed by atoms with Gasteiger partial charge in [-0.2, -0.15) is 0 Å². The standard InChI is InChI=1S/C19H19NO3/c1-2-4-14(5-3-1)19(18-13-20-9-11-22-18)23-16-6-7-17-15(12-16)8-10-21-17/h1-8,10,12,18-20H,9,11,13H2/t18?,19-/m0/s1. The van der Waals surface area contributed by atoms with Gasteiger partial charge in [0.2, 0.25) is 0 Å². The highest BCUT2D eigenvalue weighted by Crippen LogP contribution is 2.29. The van der Waals surface area contributed by atoms with E-state index >= 15 is 0 Å². The molecule has 0 spiro atoms. The van der Waals surface area contributed by atoms with Crippen LogP contribution in [0.5, 0.6) is 5.75 Å². The molecular formula is C19H19NO3. The van der Waals surface area contributed by atoms with Crippen LogP contribution >= 0.6 is 0 Å². The van der Waals surface area contributed by atoms with Crippen molar-refractivity contribution in [1.29, 1.82) is 0 Å². The van der Waals surface area contributed by atoms with Gasteiger partial charge in [0, 0.05) is 18.5 Å². The van der Waals surface area contributed by atoms with E-state index < -0.39 is 0 Å². The van der Waals surface area contributed by atoms with Gasteiger partial charge in [0.05, 0.1) is 12.9 Å². The predicted molar refractivity (Wildman–Crippen MR) is 88.6 cm³/mol. The van der Waals surface area contributed by atoms with E-state index in [-0.39, 0.29) is 12.2 Å². The molecule has 0 bridgehead atoms. The number of hydrogen-bond donors (Lipinski definition) is 1. The second-order valence-electron chi connectivity index (χ2n) is 5.68. The van der Waals surface area contributed by atoms with Crippen molar-refractivity contribution >= 4 is 11.0 Å². The SMILES string of the molecule is c1ccc([C@H](Oc2ccc3occc3c2)C2CNCCO2)cc1. The first-order chi connectivity index (χ1) is 11.4. The normalized spacial score (nSPS) is 19.6. The minimum absolute atomic E-state index is 0.00815. The van der Waals surface area contributed by atoms with E-state index in [1.165, 1.54) is 0 Å². The highest BCUT2D eigenvalue weighted by molar-refractivity contribution is 5.78. The Balaban J connectivity index is 1.63. The Bertz CT molecular complexity index is 762. The molecule has 23 heavy (non-hydrogen) atoms. The van der Waals surface area contributed by atoms with Crippen LogP contribution in [0.2, 0.25) is 0 Å². The Kier molecular flexibility index (Phi) is 4.01. The summed E-state index contributed by atoms with van der Waals surface area (Å²) in [7, 11) is 0. The molecule has 0 radical (unpaired) electrons.